The number of nitrogen functional groups attached to an aromatic ring is 1. The number of rotatable bonds is 2. The third-order valence-corrected chi connectivity index (χ3v) is 4.63. The highest BCUT2D eigenvalue weighted by Crippen LogP contribution is 2.37. The van der Waals surface area contributed by atoms with Gasteiger partial charge in [0.15, 0.2) is 5.82 Å². The van der Waals surface area contributed by atoms with Gasteiger partial charge >= 0.3 is 0 Å². The van der Waals surface area contributed by atoms with Crippen molar-refractivity contribution in [3.05, 3.63) is 53.3 Å². The first-order valence-corrected chi connectivity index (χ1v) is 7.40. The molecule has 0 aliphatic heterocycles. The molecule has 20 heavy (non-hydrogen) atoms. The van der Waals surface area contributed by atoms with Crippen molar-refractivity contribution < 1.29 is 4.52 Å². The van der Waals surface area contributed by atoms with Crippen molar-refractivity contribution in [2.45, 2.75) is 18.8 Å². The summed E-state index contributed by atoms with van der Waals surface area (Å²) in [5.41, 5.74) is 8.45. The van der Waals surface area contributed by atoms with Crippen molar-refractivity contribution >= 4 is 16.3 Å². The Kier molecular flexibility index (Phi) is 2.60. The van der Waals surface area contributed by atoms with Gasteiger partial charge in [0, 0.05) is 5.92 Å². The quantitative estimate of drug-likeness (QED) is 0.782. The van der Waals surface area contributed by atoms with Crippen LogP contribution in [0.2, 0.25) is 0 Å². The summed E-state index contributed by atoms with van der Waals surface area (Å²) < 4.78 is 5.39. The van der Waals surface area contributed by atoms with E-state index >= 15 is 0 Å². The fraction of sp³-hybridized carbons (Fsp3) is 0.200. The molecule has 1 aliphatic rings. The van der Waals surface area contributed by atoms with Crippen LogP contribution in [0, 0.1) is 0 Å². The first-order valence-electron chi connectivity index (χ1n) is 6.58. The molecule has 4 nitrogen and oxygen atoms in total. The maximum absolute atomic E-state index is 5.74. The number of fused-ring (bicyclic) bond motifs is 1. The highest BCUT2D eigenvalue weighted by molar-refractivity contribution is 7.19. The molecular formula is C15H13N3OS. The van der Waals surface area contributed by atoms with Crippen LogP contribution in [0.1, 0.15) is 29.3 Å². The van der Waals surface area contributed by atoms with Crippen molar-refractivity contribution in [1.82, 2.24) is 10.1 Å². The highest BCUT2D eigenvalue weighted by atomic mass is 32.1. The number of hydrogen-bond donors (Lipinski definition) is 1. The molecule has 2 N–H and O–H groups in total. The predicted octanol–water partition coefficient (Wildman–Crippen LogP) is 3.46. The van der Waals surface area contributed by atoms with E-state index in [0.717, 1.165) is 28.5 Å². The molecule has 0 bridgehead atoms. The smallest absolute Gasteiger partial charge is 0.268 e. The number of aryl methyl sites for hydroxylation is 1. The van der Waals surface area contributed by atoms with Crippen LogP contribution in [0.25, 0.3) is 10.8 Å². The average Bonchev–Trinajstić information content (AvgIpc) is 3.15. The number of benzene rings is 1. The molecule has 1 aromatic carbocycles. The lowest BCUT2D eigenvalue weighted by atomic mass is 10.0. The van der Waals surface area contributed by atoms with Gasteiger partial charge in [-0.3, -0.25) is 0 Å². The topological polar surface area (TPSA) is 64.9 Å². The standard InChI is InChI=1S/C15H13N3OS/c16-13-8-7-12(20-13)15-17-14(18-19-15)11-6-5-9-3-1-2-4-10(9)11/h1-4,7-8,11H,5-6,16H2. The second kappa shape index (κ2) is 4.45. The molecule has 3 aromatic rings. The molecule has 1 aliphatic carbocycles. The van der Waals surface area contributed by atoms with Crippen LogP contribution in [-0.2, 0) is 6.42 Å². The molecule has 2 heterocycles. The molecule has 2 aromatic heterocycles. The molecule has 0 saturated heterocycles. The summed E-state index contributed by atoms with van der Waals surface area (Å²) in [5, 5.41) is 4.92. The zero-order valence-electron chi connectivity index (χ0n) is 10.7. The highest BCUT2D eigenvalue weighted by Gasteiger charge is 2.27. The third-order valence-electron chi connectivity index (χ3n) is 3.72. The van der Waals surface area contributed by atoms with Gasteiger partial charge in [0.2, 0.25) is 0 Å². The molecule has 0 spiro atoms. The van der Waals surface area contributed by atoms with E-state index in [-0.39, 0.29) is 5.92 Å². The zero-order chi connectivity index (χ0) is 13.5. The second-order valence-corrected chi connectivity index (χ2v) is 6.07. The van der Waals surface area contributed by atoms with Crippen LogP contribution >= 0.6 is 11.3 Å². The minimum absolute atomic E-state index is 0.251. The monoisotopic (exact) mass is 283 g/mol. The van der Waals surface area contributed by atoms with E-state index in [1.165, 1.54) is 22.5 Å². The van der Waals surface area contributed by atoms with E-state index in [4.69, 9.17) is 10.3 Å². The molecule has 100 valence electrons. The maximum Gasteiger partial charge on any atom is 0.268 e. The van der Waals surface area contributed by atoms with E-state index in [1.54, 1.807) is 0 Å². The summed E-state index contributed by atoms with van der Waals surface area (Å²) in [7, 11) is 0. The number of thiophene rings is 1. The summed E-state index contributed by atoms with van der Waals surface area (Å²) in [5.74, 6) is 1.59. The van der Waals surface area contributed by atoms with Gasteiger partial charge in [0.25, 0.3) is 5.89 Å². The van der Waals surface area contributed by atoms with Crippen molar-refractivity contribution in [3.63, 3.8) is 0 Å². The van der Waals surface area contributed by atoms with Gasteiger partial charge in [0.05, 0.1) is 9.88 Å². The van der Waals surface area contributed by atoms with Crippen molar-refractivity contribution in [1.29, 1.82) is 0 Å². The minimum Gasteiger partial charge on any atom is -0.391 e. The number of hydrogen-bond acceptors (Lipinski definition) is 5. The lowest BCUT2D eigenvalue weighted by molar-refractivity contribution is 0.419. The van der Waals surface area contributed by atoms with E-state index in [1.807, 2.05) is 12.1 Å². The van der Waals surface area contributed by atoms with Gasteiger partial charge < -0.3 is 10.3 Å². The number of nitrogens with two attached hydrogens (primary N) is 1. The molecule has 0 radical (unpaired) electrons. The van der Waals surface area contributed by atoms with Crippen LogP contribution in [0.4, 0.5) is 5.00 Å². The van der Waals surface area contributed by atoms with E-state index in [0.29, 0.717) is 5.89 Å². The fourth-order valence-electron chi connectivity index (χ4n) is 2.77. The molecule has 0 fully saturated rings. The predicted molar refractivity (Wildman–Crippen MR) is 78.6 cm³/mol. The van der Waals surface area contributed by atoms with Crippen LogP contribution < -0.4 is 5.73 Å². The molecule has 1 atom stereocenters. The molecule has 0 amide bonds. The Morgan fingerprint density at radius 3 is 2.95 bits per heavy atom. The summed E-state index contributed by atoms with van der Waals surface area (Å²) in [6.45, 7) is 0. The van der Waals surface area contributed by atoms with Gasteiger partial charge in [-0.05, 0) is 36.1 Å². The van der Waals surface area contributed by atoms with Gasteiger partial charge in [-0.2, -0.15) is 4.98 Å². The SMILES string of the molecule is Nc1ccc(-c2nc(C3CCc4ccccc43)no2)s1. The number of nitrogens with zero attached hydrogens (tertiary/aromatic N) is 2. The Morgan fingerprint density at radius 1 is 1.20 bits per heavy atom. The molecule has 1 unspecified atom stereocenters. The van der Waals surface area contributed by atoms with Crippen LogP contribution in [0.5, 0.6) is 0 Å². The maximum atomic E-state index is 5.74. The largest absolute Gasteiger partial charge is 0.391 e. The first kappa shape index (κ1) is 11.7. The van der Waals surface area contributed by atoms with Gasteiger partial charge in [-0.15, -0.1) is 11.3 Å². The fourth-order valence-corrected chi connectivity index (χ4v) is 3.47. The van der Waals surface area contributed by atoms with E-state index in [2.05, 4.69) is 34.4 Å². The van der Waals surface area contributed by atoms with Gasteiger partial charge in [0.1, 0.15) is 0 Å². The Balaban J connectivity index is 1.70. The zero-order valence-corrected chi connectivity index (χ0v) is 11.6. The van der Waals surface area contributed by atoms with Gasteiger partial charge in [-0.1, -0.05) is 29.4 Å². The molecular weight excluding hydrogens is 270 g/mol. The lowest BCUT2D eigenvalue weighted by Crippen LogP contribution is -1.98. The second-order valence-electron chi connectivity index (χ2n) is 4.95. The Morgan fingerprint density at radius 2 is 2.10 bits per heavy atom. The summed E-state index contributed by atoms with van der Waals surface area (Å²) >= 11 is 1.46. The van der Waals surface area contributed by atoms with Crippen LogP contribution in [0.15, 0.2) is 40.9 Å². The Labute approximate surface area is 120 Å². The van der Waals surface area contributed by atoms with Crippen LogP contribution in [0.3, 0.4) is 0 Å². The minimum atomic E-state index is 0.251. The lowest BCUT2D eigenvalue weighted by Gasteiger charge is -2.05. The van der Waals surface area contributed by atoms with Crippen LogP contribution in [-0.4, -0.2) is 10.1 Å². The normalized spacial score (nSPS) is 17.3. The molecule has 5 heteroatoms. The molecule has 0 saturated carbocycles. The molecule has 4 rings (SSSR count). The van der Waals surface area contributed by atoms with E-state index < -0.39 is 0 Å². The average molecular weight is 283 g/mol. The first-order chi connectivity index (χ1) is 9.81. The summed E-state index contributed by atoms with van der Waals surface area (Å²) in [4.78, 5) is 5.48. The van der Waals surface area contributed by atoms with Crippen molar-refractivity contribution in [2.75, 3.05) is 5.73 Å². The summed E-state index contributed by atoms with van der Waals surface area (Å²) in [6, 6.07) is 12.3. The van der Waals surface area contributed by atoms with Crippen molar-refractivity contribution in [2.24, 2.45) is 0 Å². The third kappa shape index (κ3) is 1.82. The van der Waals surface area contributed by atoms with Crippen molar-refractivity contribution in [3.8, 4) is 10.8 Å². The number of anilines is 1. The van der Waals surface area contributed by atoms with Gasteiger partial charge in [-0.25, -0.2) is 0 Å². The van der Waals surface area contributed by atoms with E-state index in [9.17, 15) is 0 Å². The Hall–Kier alpha value is -2.14. The summed E-state index contributed by atoms with van der Waals surface area (Å²) in [6.07, 6.45) is 2.13. The number of aromatic nitrogens is 2. The Bertz CT molecular complexity index is 762.